The number of carbonyl (C=O) groups excluding carboxylic acids is 1. The zero-order valence-corrected chi connectivity index (χ0v) is 31.8. The summed E-state index contributed by atoms with van der Waals surface area (Å²) in [7, 11) is 0. The van der Waals surface area contributed by atoms with Gasteiger partial charge in [0.15, 0.2) is 5.78 Å². The number of aliphatic hydroxyl groups is 1. The van der Waals surface area contributed by atoms with Crippen molar-refractivity contribution in [3.05, 3.63) is 144 Å². The Kier molecular flexibility index (Phi) is 13.2. The van der Waals surface area contributed by atoms with Crippen LogP contribution in [0, 0.1) is 11.6 Å². The Morgan fingerprint density at radius 1 is 0.589 bits per heavy atom. The quantitative estimate of drug-likeness (QED) is 0.126. The maximum atomic E-state index is 13.0. The van der Waals surface area contributed by atoms with Crippen molar-refractivity contribution in [1.82, 2.24) is 19.8 Å². The molecule has 4 aromatic carbocycles. The lowest BCUT2D eigenvalue weighted by Crippen LogP contribution is -2.46. The molecule has 2 aliphatic heterocycles. The van der Waals surface area contributed by atoms with Gasteiger partial charge in [-0.25, -0.2) is 8.78 Å². The SMILES string of the molecule is O=C(CCCN1CCN(c2cccc3cccnc23)CC1)c1ccc(F)cc1.OC(CCCN1CCN(c2cccc3cccnc23)CC1)c1ccc(F)cc1. The second kappa shape index (κ2) is 19.0. The first-order chi connectivity index (χ1) is 27.4. The van der Waals surface area contributed by atoms with Gasteiger partial charge in [-0.05, 0) is 98.6 Å². The average Bonchev–Trinajstić information content (AvgIpc) is 3.24. The zero-order chi connectivity index (χ0) is 38.7. The fraction of sp³-hybridized carbons (Fsp3) is 0.326. The summed E-state index contributed by atoms with van der Waals surface area (Å²) in [5, 5.41) is 12.6. The molecule has 290 valence electrons. The third-order valence-corrected chi connectivity index (χ3v) is 10.9. The molecule has 2 aromatic heterocycles. The van der Waals surface area contributed by atoms with E-state index in [4.69, 9.17) is 0 Å². The normalized spacial score (nSPS) is 15.8. The molecule has 56 heavy (non-hydrogen) atoms. The first-order valence-corrected chi connectivity index (χ1v) is 19.8. The summed E-state index contributed by atoms with van der Waals surface area (Å²) in [4.78, 5) is 31.0. The second-order valence-corrected chi connectivity index (χ2v) is 14.6. The Labute approximate surface area is 328 Å². The molecule has 0 amide bonds. The Hall–Kier alpha value is -5.29. The molecule has 0 saturated carbocycles. The molecule has 1 atom stereocenters. The third kappa shape index (κ3) is 10.1. The second-order valence-electron chi connectivity index (χ2n) is 14.6. The number of ketones is 1. The van der Waals surface area contributed by atoms with Crippen molar-refractivity contribution in [2.75, 3.05) is 75.2 Å². The van der Waals surface area contributed by atoms with Crippen molar-refractivity contribution in [2.24, 2.45) is 0 Å². The van der Waals surface area contributed by atoms with Crippen LogP contribution < -0.4 is 9.80 Å². The number of hydrogen-bond acceptors (Lipinski definition) is 8. The van der Waals surface area contributed by atoms with Crippen LogP contribution in [0.5, 0.6) is 0 Å². The number of aromatic nitrogens is 2. The molecule has 0 aliphatic carbocycles. The minimum absolute atomic E-state index is 0.0838. The van der Waals surface area contributed by atoms with Crippen molar-refractivity contribution in [3.8, 4) is 0 Å². The molecule has 8 rings (SSSR count). The lowest BCUT2D eigenvalue weighted by molar-refractivity contribution is 0.0974. The van der Waals surface area contributed by atoms with E-state index in [0.29, 0.717) is 18.4 Å². The first kappa shape index (κ1) is 39.0. The molecule has 8 nitrogen and oxygen atoms in total. The van der Waals surface area contributed by atoms with E-state index in [9.17, 15) is 18.7 Å². The number of anilines is 2. The lowest BCUT2D eigenvalue weighted by Gasteiger charge is -2.36. The molecular formula is C46H50F2N6O2. The van der Waals surface area contributed by atoms with Gasteiger partial charge in [0.1, 0.15) is 11.6 Å². The van der Waals surface area contributed by atoms with Gasteiger partial charge in [-0.3, -0.25) is 24.6 Å². The molecule has 2 fully saturated rings. The van der Waals surface area contributed by atoms with E-state index in [0.717, 1.165) is 94.9 Å². The number of fused-ring (bicyclic) bond motifs is 2. The molecule has 0 spiro atoms. The molecule has 0 bridgehead atoms. The van der Waals surface area contributed by atoms with Crippen LogP contribution in [0.25, 0.3) is 21.8 Å². The van der Waals surface area contributed by atoms with Crippen LogP contribution in [0.1, 0.15) is 47.7 Å². The zero-order valence-electron chi connectivity index (χ0n) is 31.8. The van der Waals surface area contributed by atoms with Gasteiger partial charge in [0.05, 0.1) is 28.5 Å². The summed E-state index contributed by atoms with van der Waals surface area (Å²) in [5.74, 6) is -0.494. The maximum Gasteiger partial charge on any atom is 0.162 e. The number of benzene rings is 4. The summed E-state index contributed by atoms with van der Waals surface area (Å²) in [6, 6.07) is 32.8. The first-order valence-electron chi connectivity index (χ1n) is 19.8. The topological polar surface area (TPSA) is 76.0 Å². The number of carbonyl (C=O) groups is 1. The summed E-state index contributed by atoms with van der Waals surface area (Å²) in [6.45, 7) is 9.75. The van der Waals surface area contributed by atoms with E-state index in [2.05, 4.69) is 78.1 Å². The molecule has 1 unspecified atom stereocenters. The van der Waals surface area contributed by atoms with Crippen LogP contribution in [0.15, 0.2) is 122 Å². The highest BCUT2D eigenvalue weighted by atomic mass is 19.1. The minimum atomic E-state index is -0.524. The fourth-order valence-electron chi connectivity index (χ4n) is 7.71. The summed E-state index contributed by atoms with van der Waals surface area (Å²) in [5.41, 5.74) is 5.92. The highest BCUT2D eigenvalue weighted by Crippen LogP contribution is 2.27. The average molecular weight is 757 g/mol. The van der Waals surface area contributed by atoms with E-state index in [1.165, 1.54) is 46.4 Å². The number of hydrogen-bond donors (Lipinski definition) is 1. The number of aliphatic hydroxyl groups excluding tert-OH is 1. The summed E-state index contributed by atoms with van der Waals surface area (Å²) in [6.07, 6.45) is 6.12. The predicted octanol–water partition coefficient (Wildman–Crippen LogP) is 8.17. The number of rotatable bonds is 12. The van der Waals surface area contributed by atoms with E-state index >= 15 is 0 Å². The highest BCUT2D eigenvalue weighted by molar-refractivity contribution is 5.96. The molecule has 6 aromatic rings. The Morgan fingerprint density at radius 3 is 1.57 bits per heavy atom. The number of halogens is 2. The Balaban J connectivity index is 0.000000172. The molecule has 2 saturated heterocycles. The third-order valence-electron chi connectivity index (χ3n) is 10.9. The monoisotopic (exact) mass is 756 g/mol. The van der Waals surface area contributed by atoms with Gasteiger partial charge in [-0.15, -0.1) is 0 Å². The van der Waals surface area contributed by atoms with Crippen LogP contribution >= 0.6 is 0 Å². The van der Waals surface area contributed by atoms with Gasteiger partial charge in [0.25, 0.3) is 0 Å². The van der Waals surface area contributed by atoms with Crippen molar-refractivity contribution in [3.63, 3.8) is 0 Å². The summed E-state index contributed by atoms with van der Waals surface area (Å²) >= 11 is 0. The largest absolute Gasteiger partial charge is 0.388 e. The van der Waals surface area contributed by atoms with Crippen molar-refractivity contribution in [2.45, 2.75) is 31.8 Å². The van der Waals surface area contributed by atoms with Crippen molar-refractivity contribution < 1.29 is 18.7 Å². The maximum absolute atomic E-state index is 13.0. The van der Waals surface area contributed by atoms with Crippen LogP contribution in [0.2, 0.25) is 0 Å². The van der Waals surface area contributed by atoms with Gasteiger partial charge in [-0.1, -0.05) is 48.5 Å². The van der Waals surface area contributed by atoms with E-state index in [1.807, 2.05) is 24.5 Å². The molecule has 2 aliphatic rings. The van der Waals surface area contributed by atoms with Crippen LogP contribution in [0.4, 0.5) is 20.2 Å². The number of pyridine rings is 2. The molecule has 10 heteroatoms. The molecular weight excluding hydrogens is 707 g/mol. The molecule has 0 radical (unpaired) electrons. The van der Waals surface area contributed by atoms with Crippen LogP contribution in [0.3, 0.4) is 0 Å². The van der Waals surface area contributed by atoms with Crippen LogP contribution in [-0.2, 0) is 0 Å². The van der Waals surface area contributed by atoms with Gasteiger partial charge in [0, 0.05) is 87.5 Å². The standard InChI is InChI=1S/C23H26FN3O.C23H24FN3O/c2*24-20-10-8-18(9-11-20)22(28)7-3-13-26-14-16-27(17-15-26)21-6-1-4-19-5-2-12-25-23(19)21/h1-2,4-6,8-12,22,28H,3,7,13-17H2;1-2,4-6,8-12H,3,7,13-17H2. The van der Waals surface area contributed by atoms with Crippen LogP contribution in [-0.4, -0.2) is 96.1 Å². The van der Waals surface area contributed by atoms with Gasteiger partial charge >= 0.3 is 0 Å². The number of nitrogens with zero attached hydrogens (tertiary/aromatic N) is 6. The predicted molar refractivity (Wildman–Crippen MR) is 221 cm³/mol. The Bertz CT molecular complexity index is 2160. The van der Waals surface area contributed by atoms with Gasteiger partial charge < -0.3 is 14.9 Å². The van der Waals surface area contributed by atoms with Gasteiger partial charge in [-0.2, -0.15) is 0 Å². The minimum Gasteiger partial charge on any atom is -0.388 e. The van der Waals surface area contributed by atoms with E-state index in [1.54, 1.807) is 24.3 Å². The molecule has 4 heterocycles. The number of piperazine rings is 2. The lowest BCUT2D eigenvalue weighted by atomic mass is 10.0. The number of para-hydroxylation sites is 2. The fourth-order valence-corrected chi connectivity index (χ4v) is 7.71. The number of Topliss-reactive ketones (excluding diaryl/α,β-unsaturated/α-hetero) is 1. The smallest absolute Gasteiger partial charge is 0.162 e. The van der Waals surface area contributed by atoms with Crippen molar-refractivity contribution >= 4 is 39.0 Å². The van der Waals surface area contributed by atoms with Crippen molar-refractivity contribution in [1.29, 1.82) is 0 Å². The Morgan fingerprint density at radius 2 is 1.05 bits per heavy atom. The van der Waals surface area contributed by atoms with Gasteiger partial charge in [0.2, 0.25) is 0 Å². The van der Waals surface area contributed by atoms with E-state index in [-0.39, 0.29) is 17.4 Å². The molecule has 1 N–H and O–H groups in total. The highest BCUT2D eigenvalue weighted by Gasteiger charge is 2.21. The summed E-state index contributed by atoms with van der Waals surface area (Å²) < 4.78 is 25.9. The van der Waals surface area contributed by atoms with E-state index < -0.39 is 6.10 Å².